The number of hydrogen-bond donors (Lipinski definition) is 2. The molecule has 1 fully saturated rings. The van der Waals surface area contributed by atoms with Gasteiger partial charge in [-0.25, -0.2) is 13.1 Å². The predicted molar refractivity (Wildman–Crippen MR) is 77.6 cm³/mol. The molecule has 0 aliphatic carbocycles. The van der Waals surface area contributed by atoms with Gasteiger partial charge in [-0.05, 0) is 47.1 Å². The lowest BCUT2D eigenvalue weighted by Gasteiger charge is -2.11. The Labute approximate surface area is 118 Å². The molecule has 2 N–H and O–H groups in total. The van der Waals surface area contributed by atoms with E-state index in [1.54, 1.807) is 12.1 Å². The van der Waals surface area contributed by atoms with E-state index in [0.29, 0.717) is 17.4 Å². The molecule has 19 heavy (non-hydrogen) atoms. The van der Waals surface area contributed by atoms with Crippen molar-refractivity contribution < 1.29 is 8.42 Å². The molecule has 0 spiro atoms. The van der Waals surface area contributed by atoms with Crippen molar-refractivity contribution in [1.82, 2.24) is 10.0 Å². The van der Waals surface area contributed by atoms with Crippen LogP contribution in [0.4, 0.5) is 0 Å². The maximum Gasteiger partial charge on any atom is 0.240 e. The Bertz CT molecular complexity index is 566. The average molecular weight is 298 g/mol. The van der Waals surface area contributed by atoms with E-state index in [1.165, 1.54) is 5.56 Å². The molecule has 1 aromatic carbocycles. The van der Waals surface area contributed by atoms with Crippen LogP contribution in [-0.2, 0) is 23.1 Å². The highest BCUT2D eigenvalue weighted by molar-refractivity contribution is 7.99. The third kappa shape index (κ3) is 2.97. The van der Waals surface area contributed by atoms with E-state index >= 15 is 0 Å². The Morgan fingerprint density at radius 2 is 2.16 bits per heavy atom. The van der Waals surface area contributed by atoms with Crippen molar-refractivity contribution in [1.29, 1.82) is 0 Å². The smallest absolute Gasteiger partial charge is 0.240 e. The van der Waals surface area contributed by atoms with Gasteiger partial charge in [0.15, 0.2) is 0 Å². The number of benzene rings is 1. The molecule has 0 saturated carbocycles. The van der Waals surface area contributed by atoms with Crippen molar-refractivity contribution in [2.45, 2.75) is 24.4 Å². The van der Waals surface area contributed by atoms with Gasteiger partial charge in [-0.15, -0.1) is 0 Å². The molecule has 1 atom stereocenters. The lowest BCUT2D eigenvalue weighted by molar-refractivity contribution is 0.545. The summed E-state index contributed by atoms with van der Waals surface area (Å²) >= 11 is 1.90. The van der Waals surface area contributed by atoms with Gasteiger partial charge in [-0.2, -0.15) is 11.8 Å². The van der Waals surface area contributed by atoms with Crippen LogP contribution in [0.1, 0.15) is 17.5 Å². The molecular formula is C13H18N2O2S2. The molecule has 104 valence electrons. The molecule has 6 heteroatoms. The minimum atomic E-state index is -3.36. The number of sulfonamides is 1. The largest absolute Gasteiger partial charge is 0.309 e. The highest BCUT2D eigenvalue weighted by atomic mass is 32.2. The van der Waals surface area contributed by atoms with Crippen molar-refractivity contribution >= 4 is 21.8 Å². The Hall–Kier alpha value is -0.560. The average Bonchev–Trinajstić information content (AvgIpc) is 3.06. The Kier molecular flexibility index (Phi) is 3.84. The van der Waals surface area contributed by atoms with E-state index in [2.05, 4.69) is 10.0 Å². The van der Waals surface area contributed by atoms with Crippen LogP contribution in [0.25, 0.3) is 0 Å². The van der Waals surface area contributed by atoms with Gasteiger partial charge in [-0.1, -0.05) is 6.07 Å². The van der Waals surface area contributed by atoms with E-state index in [4.69, 9.17) is 0 Å². The number of nitrogens with one attached hydrogen (secondary N) is 2. The van der Waals surface area contributed by atoms with Crippen LogP contribution in [0.2, 0.25) is 0 Å². The molecule has 0 aromatic heterocycles. The monoisotopic (exact) mass is 298 g/mol. The lowest BCUT2D eigenvalue weighted by atomic mass is 10.1. The molecule has 1 saturated heterocycles. The van der Waals surface area contributed by atoms with Gasteiger partial charge in [0.1, 0.15) is 0 Å². The molecule has 1 unspecified atom stereocenters. The summed E-state index contributed by atoms with van der Waals surface area (Å²) in [5.41, 5.74) is 2.30. The first-order valence-electron chi connectivity index (χ1n) is 6.55. The minimum absolute atomic E-state index is 0.389. The fraction of sp³-hybridized carbons (Fsp3) is 0.538. The topological polar surface area (TPSA) is 58.2 Å². The second-order valence-electron chi connectivity index (χ2n) is 5.12. The van der Waals surface area contributed by atoms with Gasteiger partial charge in [0.05, 0.1) is 4.90 Å². The number of thioether (sulfide) groups is 1. The summed E-state index contributed by atoms with van der Waals surface area (Å²) in [6, 6.07) is 5.41. The number of fused-ring (bicyclic) bond motifs is 1. The Morgan fingerprint density at radius 3 is 2.95 bits per heavy atom. The van der Waals surface area contributed by atoms with Crippen molar-refractivity contribution in [2.75, 3.05) is 18.1 Å². The summed E-state index contributed by atoms with van der Waals surface area (Å²) in [4.78, 5) is 0.389. The molecule has 0 radical (unpaired) electrons. The van der Waals surface area contributed by atoms with Crippen LogP contribution in [0.3, 0.4) is 0 Å². The van der Waals surface area contributed by atoms with E-state index < -0.39 is 10.0 Å². The first kappa shape index (κ1) is 13.4. The van der Waals surface area contributed by atoms with Crippen molar-refractivity contribution in [3.05, 3.63) is 29.3 Å². The van der Waals surface area contributed by atoms with Crippen LogP contribution in [0.5, 0.6) is 0 Å². The maximum absolute atomic E-state index is 12.3. The van der Waals surface area contributed by atoms with Crippen LogP contribution in [0.15, 0.2) is 23.1 Å². The molecule has 1 aromatic rings. The number of hydrogen-bond acceptors (Lipinski definition) is 4. The van der Waals surface area contributed by atoms with Crippen LogP contribution >= 0.6 is 11.8 Å². The van der Waals surface area contributed by atoms with Crippen molar-refractivity contribution in [2.24, 2.45) is 5.92 Å². The van der Waals surface area contributed by atoms with Gasteiger partial charge < -0.3 is 5.32 Å². The molecule has 3 rings (SSSR count). The third-order valence-corrected chi connectivity index (χ3v) is 6.36. The summed E-state index contributed by atoms with van der Waals surface area (Å²) in [5.74, 6) is 2.70. The minimum Gasteiger partial charge on any atom is -0.309 e. The predicted octanol–water partition coefficient (Wildman–Crippen LogP) is 1.32. The third-order valence-electron chi connectivity index (χ3n) is 3.70. The standard InChI is InChI=1S/C13H18N2O2S2/c16-19(17,15-6-10-3-4-18-9-10)13-2-1-11-7-14-8-12(11)5-13/h1-2,5,10,14-15H,3-4,6-9H2. The normalized spacial score (nSPS) is 22.6. The first-order chi connectivity index (χ1) is 9.15. The summed E-state index contributed by atoms with van der Waals surface area (Å²) in [7, 11) is -3.36. The van der Waals surface area contributed by atoms with Crippen LogP contribution in [0, 0.1) is 5.92 Å². The molecule has 4 nitrogen and oxygen atoms in total. The zero-order chi connectivity index (χ0) is 13.3. The van der Waals surface area contributed by atoms with E-state index in [-0.39, 0.29) is 0 Å². The van der Waals surface area contributed by atoms with Gasteiger partial charge in [-0.3, -0.25) is 0 Å². The van der Waals surface area contributed by atoms with Gasteiger partial charge in [0.25, 0.3) is 0 Å². The van der Waals surface area contributed by atoms with Gasteiger partial charge in [0, 0.05) is 19.6 Å². The quantitative estimate of drug-likeness (QED) is 0.880. The lowest BCUT2D eigenvalue weighted by Crippen LogP contribution is -2.29. The summed E-state index contributed by atoms with van der Waals surface area (Å²) in [6.45, 7) is 2.16. The summed E-state index contributed by atoms with van der Waals surface area (Å²) in [6.07, 6.45) is 1.11. The molecule has 2 aliphatic heterocycles. The van der Waals surface area contributed by atoms with Gasteiger partial charge >= 0.3 is 0 Å². The Balaban J connectivity index is 1.72. The molecular weight excluding hydrogens is 280 g/mol. The van der Waals surface area contributed by atoms with Gasteiger partial charge in [0.2, 0.25) is 10.0 Å². The first-order valence-corrected chi connectivity index (χ1v) is 9.19. The Morgan fingerprint density at radius 1 is 1.32 bits per heavy atom. The van der Waals surface area contributed by atoms with E-state index in [1.807, 2.05) is 17.8 Å². The molecule has 2 heterocycles. The second kappa shape index (κ2) is 5.44. The van der Waals surface area contributed by atoms with Crippen LogP contribution < -0.4 is 10.0 Å². The van der Waals surface area contributed by atoms with Crippen LogP contribution in [-0.4, -0.2) is 26.5 Å². The summed E-state index contributed by atoms with van der Waals surface area (Å²) in [5, 5.41) is 3.23. The highest BCUT2D eigenvalue weighted by Crippen LogP contribution is 2.24. The maximum atomic E-state index is 12.3. The number of rotatable bonds is 4. The molecule has 2 aliphatic rings. The van der Waals surface area contributed by atoms with Crippen molar-refractivity contribution in [3.63, 3.8) is 0 Å². The SMILES string of the molecule is O=S(=O)(NCC1CCSC1)c1ccc2c(c1)CNC2. The van der Waals surface area contributed by atoms with E-state index in [0.717, 1.165) is 36.6 Å². The fourth-order valence-corrected chi connectivity index (χ4v) is 4.94. The highest BCUT2D eigenvalue weighted by Gasteiger charge is 2.21. The van der Waals surface area contributed by atoms with Crippen molar-refractivity contribution in [3.8, 4) is 0 Å². The van der Waals surface area contributed by atoms with E-state index in [9.17, 15) is 8.42 Å². The zero-order valence-electron chi connectivity index (χ0n) is 10.7. The molecule has 0 amide bonds. The second-order valence-corrected chi connectivity index (χ2v) is 8.03. The summed E-state index contributed by atoms with van der Waals surface area (Å²) < 4.78 is 27.2. The molecule has 0 bridgehead atoms. The zero-order valence-corrected chi connectivity index (χ0v) is 12.3. The fourth-order valence-electron chi connectivity index (χ4n) is 2.49.